The molecule has 4 aromatic rings. The number of rotatable bonds is 4. The van der Waals surface area contributed by atoms with Crippen LogP contribution in [-0.4, -0.2) is 10.2 Å². The largest absolute Gasteiger partial charge is 0.508 e. The first-order chi connectivity index (χ1) is 20.8. The smallest absolute Gasteiger partial charge is 0.115 e. The van der Waals surface area contributed by atoms with Crippen molar-refractivity contribution >= 4 is 0 Å². The summed E-state index contributed by atoms with van der Waals surface area (Å²) in [5, 5.41) is 19.3. The SMILES string of the molecule is CC1CC(C)(C)CC(c2cc[c]cc2)(c2cc[c]cc2)C1.CC1CC(C)(C)CC(c2ccc(O)cc2)(c2ccc(O)cc2)C1. The molecule has 2 saturated carbocycles. The number of phenols is 2. The minimum atomic E-state index is -0.0669. The van der Waals surface area contributed by atoms with Gasteiger partial charge in [-0.1, -0.05) is 114 Å². The van der Waals surface area contributed by atoms with Crippen molar-refractivity contribution in [1.29, 1.82) is 0 Å². The van der Waals surface area contributed by atoms with E-state index in [4.69, 9.17) is 0 Å². The molecule has 2 aliphatic rings. The number of aromatic hydroxyl groups is 2. The highest BCUT2D eigenvalue weighted by Gasteiger charge is 2.46. The van der Waals surface area contributed by atoms with Crippen LogP contribution in [0.15, 0.2) is 97.1 Å². The van der Waals surface area contributed by atoms with E-state index < -0.39 is 0 Å². The van der Waals surface area contributed by atoms with Crippen LogP contribution in [0, 0.1) is 34.8 Å². The van der Waals surface area contributed by atoms with Crippen LogP contribution in [0.2, 0.25) is 0 Å². The van der Waals surface area contributed by atoms with Crippen LogP contribution >= 0.6 is 0 Å². The summed E-state index contributed by atoms with van der Waals surface area (Å²) in [6, 6.07) is 38.9. The van der Waals surface area contributed by atoms with Crippen LogP contribution in [0.1, 0.15) is 102 Å². The summed E-state index contributed by atoms with van der Waals surface area (Å²) in [7, 11) is 0. The van der Waals surface area contributed by atoms with E-state index in [1.165, 1.54) is 47.9 Å². The average molecular weight is 587 g/mol. The molecule has 2 nitrogen and oxygen atoms in total. The predicted octanol–water partition coefficient (Wildman–Crippen LogP) is 10.6. The van der Waals surface area contributed by atoms with Gasteiger partial charge in [-0.25, -0.2) is 0 Å². The lowest BCUT2D eigenvalue weighted by Crippen LogP contribution is -2.41. The van der Waals surface area contributed by atoms with Crippen LogP contribution in [0.3, 0.4) is 0 Å². The molecule has 2 atom stereocenters. The normalized spacial score (nSPS) is 23.1. The fourth-order valence-electron chi connectivity index (χ4n) is 9.33. The minimum absolute atomic E-state index is 0.0669. The summed E-state index contributed by atoms with van der Waals surface area (Å²) < 4.78 is 0. The number of phenolic OH excluding ortho intramolecular Hbond substituents is 2. The van der Waals surface area contributed by atoms with Crippen molar-refractivity contribution in [2.24, 2.45) is 22.7 Å². The lowest BCUT2D eigenvalue weighted by Gasteiger charge is -2.48. The van der Waals surface area contributed by atoms with Crippen molar-refractivity contribution < 1.29 is 10.2 Å². The van der Waals surface area contributed by atoms with E-state index >= 15 is 0 Å². The average Bonchev–Trinajstić information content (AvgIpc) is 2.97. The third-order valence-corrected chi connectivity index (χ3v) is 10.1. The van der Waals surface area contributed by atoms with Gasteiger partial charge in [-0.05, 0) is 120 Å². The third-order valence-electron chi connectivity index (χ3n) is 10.1. The summed E-state index contributed by atoms with van der Waals surface area (Å²) in [4.78, 5) is 0. The Morgan fingerprint density at radius 2 is 0.773 bits per heavy atom. The second kappa shape index (κ2) is 12.5. The van der Waals surface area contributed by atoms with Gasteiger partial charge >= 0.3 is 0 Å². The molecule has 2 fully saturated rings. The molecule has 0 spiro atoms. The highest BCUT2D eigenvalue weighted by molar-refractivity contribution is 5.44. The van der Waals surface area contributed by atoms with E-state index in [0.717, 1.165) is 18.8 Å². The Morgan fingerprint density at radius 3 is 1.07 bits per heavy atom. The molecule has 230 valence electrons. The molecule has 2 heteroatoms. The molecule has 2 radical (unpaired) electrons. The van der Waals surface area contributed by atoms with Crippen molar-refractivity contribution in [2.45, 2.75) is 90.9 Å². The van der Waals surface area contributed by atoms with Crippen LogP contribution in [0.25, 0.3) is 0 Å². The summed E-state index contributed by atoms with van der Waals surface area (Å²) in [6.07, 6.45) is 7.13. The zero-order valence-electron chi connectivity index (χ0n) is 27.5. The van der Waals surface area contributed by atoms with Crippen LogP contribution in [0.4, 0.5) is 0 Å². The number of hydrogen-bond donors (Lipinski definition) is 2. The molecule has 2 N–H and O–H groups in total. The van der Waals surface area contributed by atoms with Crippen molar-refractivity contribution in [3.05, 3.63) is 131 Å². The molecule has 6 rings (SSSR count). The van der Waals surface area contributed by atoms with Gasteiger partial charge in [-0.3, -0.25) is 0 Å². The molecule has 2 unspecified atom stereocenters. The van der Waals surface area contributed by atoms with Gasteiger partial charge in [0.25, 0.3) is 0 Å². The standard InChI is InChI=1S/C21H26O2.C21H24/c1-15-12-20(2,3)14-21(13-15,16-4-8-18(22)9-5-16)17-6-10-19(23)11-7-17;1-17-14-20(2,3)16-21(15-17,18-10-6-4-7-11-18)19-12-8-5-9-13-19/h4-11,15,22-23H,12-14H2,1-3H3;6-13,17H,14-16H2,1-3H3. The highest BCUT2D eigenvalue weighted by Crippen LogP contribution is 2.54. The Balaban J connectivity index is 0.000000175. The lowest BCUT2D eigenvalue weighted by molar-refractivity contribution is 0.126. The van der Waals surface area contributed by atoms with E-state index in [2.05, 4.69) is 126 Å². The van der Waals surface area contributed by atoms with Crippen LogP contribution in [0.5, 0.6) is 11.5 Å². The van der Waals surface area contributed by atoms with E-state index in [1.807, 2.05) is 0 Å². The van der Waals surface area contributed by atoms with Crippen molar-refractivity contribution in [3.63, 3.8) is 0 Å². The highest BCUT2D eigenvalue weighted by atomic mass is 16.3. The predicted molar refractivity (Wildman–Crippen MR) is 182 cm³/mol. The van der Waals surface area contributed by atoms with Gasteiger partial charge < -0.3 is 10.2 Å². The molecule has 0 heterocycles. The van der Waals surface area contributed by atoms with E-state index in [1.54, 1.807) is 24.3 Å². The van der Waals surface area contributed by atoms with Crippen molar-refractivity contribution in [2.75, 3.05) is 0 Å². The molecule has 0 saturated heterocycles. The summed E-state index contributed by atoms with van der Waals surface area (Å²) in [5.74, 6) is 1.97. The first kappa shape index (κ1) is 31.9. The lowest BCUT2D eigenvalue weighted by atomic mass is 9.55. The molecule has 0 aromatic heterocycles. The Morgan fingerprint density at radius 1 is 0.477 bits per heavy atom. The van der Waals surface area contributed by atoms with Gasteiger partial charge in [0.1, 0.15) is 11.5 Å². The molecule has 0 aliphatic heterocycles. The van der Waals surface area contributed by atoms with E-state index in [0.29, 0.717) is 22.8 Å². The Bertz CT molecular complexity index is 1400. The molecule has 0 amide bonds. The summed E-state index contributed by atoms with van der Waals surface area (Å²) >= 11 is 0. The topological polar surface area (TPSA) is 40.5 Å². The molecule has 44 heavy (non-hydrogen) atoms. The first-order valence-corrected chi connectivity index (χ1v) is 16.3. The summed E-state index contributed by atoms with van der Waals surface area (Å²) in [6.45, 7) is 14.3. The van der Waals surface area contributed by atoms with Crippen molar-refractivity contribution in [3.8, 4) is 11.5 Å². The number of hydrogen-bond acceptors (Lipinski definition) is 2. The van der Waals surface area contributed by atoms with E-state index in [-0.39, 0.29) is 16.2 Å². The molecule has 4 aromatic carbocycles. The fourth-order valence-corrected chi connectivity index (χ4v) is 9.33. The van der Waals surface area contributed by atoms with Gasteiger partial charge in [-0.15, -0.1) is 0 Å². The quantitative estimate of drug-likeness (QED) is 0.250. The molecular weight excluding hydrogens is 536 g/mol. The van der Waals surface area contributed by atoms with Gasteiger partial charge in [-0.2, -0.15) is 0 Å². The second-order valence-corrected chi connectivity index (χ2v) is 15.5. The zero-order valence-corrected chi connectivity index (χ0v) is 27.5. The van der Waals surface area contributed by atoms with Gasteiger partial charge in [0.15, 0.2) is 0 Å². The molecule has 0 bridgehead atoms. The zero-order chi connectivity index (χ0) is 31.6. The van der Waals surface area contributed by atoms with Gasteiger partial charge in [0, 0.05) is 10.8 Å². The Hall–Kier alpha value is -3.52. The van der Waals surface area contributed by atoms with Crippen molar-refractivity contribution in [1.82, 2.24) is 0 Å². The van der Waals surface area contributed by atoms with Crippen LogP contribution in [-0.2, 0) is 10.8 Å². The maximum atomic E-state index is 9.67. The van der Waals surface area contributed by atoms with Gasteiger partial charge in [0.05, 0.1) is 0 Å². The van der Waals surface area contributed by atoms with Gasteiger partial charge in [0.2, 0.25) is 0 Å². The monoisotopic (exact) mass is 586 g/mol. The summed E-state index contributed by atoms with van der Waals surface area (Å²) in [5.41, 5.74) is 6.07. The number of benzene rings is 4. The fraction of sp³-hybridized carbons (Fsp3) is 0.429. The minimum Gasteiger partial charge on any atom is -0.508 e. The second-order valence-electron chi connectivity index (χ2n) is 15.5. The maximum absolute atomic E-state index is 9.67. The van der Waals surface area contributed by atoms with E-state index in [9.17, 15) is 10.2 Å². The third kappa shape index (κ3) is 6.90. The molecular formula is C42H50O2. The Labute approximate surface area is 266 Å². The molecule has 2 aliphatic carbocycles. The van der Waals surface area contributed by atoms with Crippen LogP contribution < -0.4 is 0 Å². The maximum Gasteiger partial charge on any atom is 0.115 e. The Kier molecular flexibility index (Phi) is 9.04. The first-order valence-electron chi connectivity index (χ1n) is 16.3.